The molecule has 21 heavy (non-hydrogen) atoms. The van der Waals surface area contributed by atoms with Gasteiger partial charge in [0.2, 0.25) is 0 Å². The SMILES string of the molecule is Cc1nc2cc(C(=O)NC[C@@H]3CCCOC3)ccc2n1C. The lowest BCUT2D eigenvalue weighted by molar-refractivity contribution is 0.0536. The van der Waals surface area contributed by atoms with Crippen molar-refractivity contribution >= 4 is 16.9 Å². The fourth-order valence-electron chi connectivity index (χ4n) is 2.77. The first-order valence-corrected chi connectivity index (χ1v) is 7.44. The van der Waals surface area contributed by atoms with E-state index in [-0.39, 0.29) is 5.91 Å². The largest absolute Gasteiger partial charge is 0.381 e. The first-order chi connectivity index (χ1) is 10.1. The van der Waals surface area contributed by atoms with E-state index in [4.69, 9.17) is 4.74 Å². The summed E-state index contributed by atoms with van der Waals surface area (Å²) in [7, 11) is 1.98. The summed E-state index contributed by atoms with van der Waals surface area (Å²) in [6, 6.07) is 5.67. The monoisotopic (exact) mass is 287 g/mol. The molecule has 1 saturated heterocycles. The Hall–Kier alpha value is -1.88. The molecule has 1 amide bonds. The number of ether oxygens (including phenoxy) is 1. The molecule has 2 aromatic rings. The van der Waals surface area contributed by atoms with Crippen molar-refractivity contribution in [2.45, 2.75) is 19.8 Å². The highest BCUT2D eigenvalue weighted by Gasteiger charge is 2.16. The topological polar surface area (TPSA) is 56.1 Å². The van der Waals surface area contributed by atoms with E-state index < -0.39 is 0 Å². The highest BCUT2D eigenvalue weighted by atomic mass is 16.5. The molecule has 1 aromatic carbocycles. The number of imidazole rings is 1. The molecule has 1 aromatic heterocycles. The van der Waals surface area contributed by atoms with Gasteiger partial charge in [0.1, 0.15) is 5.82 Å². The lowest BCUT2D eigenvalue weighted by atomic mass is 10.0. The average Bonchev–Trinajstić information content (AvgIpc) is 2.80. The predicted octanol–water partition coefficient (Wildman–Crippen LogP) is 2.04. The molecule has 0 spiro atoms. The fraction of sp³-hybridized carbons (Fsp3) is 0.500. The number of fused-ring (bicyclic) bond motifs is 1. The second-order valence-electron chi connectivity index (χ2n) is 5.71. The molecule has 1 atom stereocenters. The van der Waals surface area contributed by atoms with Crippen molar-refractivity contribution in [3.8, 4) is 0 Å². The standard InChI is InChI=1S/C16H21N3O2/c1-11-18-14-8-13(5-6-15(14)19(11)2)16(20)17-9-12-4-3-7-21-10-12/h5-6,8,12H,3-4,7,9-10H2,1-2H3,(H,17,20)/t12-/m0/s1. The third kappa shape index (κ3) is 2.93. The van der Waals surface area contributed by atoms with Gasteiger partial charge in [-0.15, -0.1) is 0 Å². The van der Waals surface area contributed by atoms with Crippen molar-refractivity contribution in [1.82, 2.24) is 14.9 Å². The molecule has 1 aliphatic rings. The zero-order chi connectivity index (χ0) is 14.8. The van der Waals surface area contributed by atoms with Crippen LogP contribution in [-0.2, 0) is 11.8 Å². The molecule has 3 rings (SSSR count). The van der Waals surface area contributed by atoms with Crippen LogP contribution in [0.4, 0.5) is 0 Å². The van der Waals surface area contributed by atoms with Gasteiger partial charge in [0.25, 0.3) is 5.91 Å². The van der Waals surface area contributed by atoms with Gasteiger partial charge in [-0.3, -0.25) is 4.79 Å². The molecular weight excluding hydrogens is 266 g/mol. The minimum absolute atomic E-state index is 0.0363. The van der Waals surface area contributed by atoms with Gasteiger partial charge in [0.15, 0.2) is 0 Å². The summed E-state index contributed by atoms with van der Waals surface area (Å²) in [6.45, 7) is 4.24. The minimum Gasteiger partial charge on any atom is -0.381 e. The van der Waals surface area contributed by atoms with Crippen molar-refractivity contribution in [3.05, 3.63) is 29.6 Å². The highest BCUT2D eigenvalue weighted by molar-refractivity contribution is 5.97. The number of carbonyl (C=O) groups is 1. The molecule has 0 saturated carbocycles. The van der Waals surface area contributed by atoms with Crippen molar-refractivity contribution < 1.29 is 9.53 Å². The maximum absolute atomic E-state index is 12.2. The second-order valence-corrected chi connectivity index (χ2v) is 5.71. The first-order valence-electron chi connectivity index (χ1n) is 7.44. The van der Waals surface area contributed by atoms with Crippen LogP contribution in [-0.4, -0.2) is 35.2 Å². The highest BCUT2D eigenvalue weighted by Crippen LogP contribution is 2.17. The van der Waals surface area contributed by atoms with Gasteiger partial charge in [0.05, 0.1) is 17.6 Å². The number of aromatic nitrogens is 2. The van der Waals surface area contributed by atoms with Crippen LogP contribution in [0.1, 0.15) is 29.0 Å². The van der Waals surface area contributed by atoms with Gasteiger partial charge in [-0.2, -0.15) is 0 Å². The quantitative estimate of drug-likeness (QED) is 0.940. The maximum Gasteiger partial charge on any atom is 0.251 e. The Kier molecular flexibility index (Phi) is 3.92. The van der Waals surface area contributed by atoms with Crippen LogP contribution in [0.15, 0.2) is 18.2 Å². The summed E-state index contributed by atoms with van der Waals surface area (Å²) in [5, 5.41) is 3.00. The van der Waals surface area contributed by atoms with Gasteiger partial charge < -0.3 is 14.6 Å². The summed E-state index contributed by atoms with van der Waals surface area (Å²) < 4.78 is 7.45. The van der Waals surface area contributed by atoms with E-state index in [0.29, 0.717) is 18.0 Å². The molecule has 2 heterocycles. The number of rotatable bonds is 3. The van der Waals surface area contributed by atoms with E-state index in [1.807, 2.05) is 36.7 Å². The Morgan fingerprint density at radius 3 is 3.14 bits per heavy atom. The minimum atomic E-state index is -0.0363. The average molecular weight is 287 g/mol. The van der Waals surface area contributed by atoms with Gasteiger partial charge in [-0.25, -0.2) is 4.98 Å². The number of carbonyl (C=O) groups excluding carboxylic acids is 1. The van der Waals surface area contributed by atoms with E-state index in [1.54, 1.807) is 0 Å². The molecule has 0 radical (unpaired) electrons. The number of benzene rings is 1. The third-order valence-corrected chi connectivity index (χ3v) is 4.17. The molecule has 1 aliphatic heterocycles. The summed E-state index contributed by atoms with van der Waals surface area (Å²) in [6.07, 6.45) is 2.21. The molecule has 112 valence electrons. The molecular formula is C16H21N3O2. The van der Waals surface area contributed by atoms with Crippen molar-refractivity contribution in [3.63, 3.8) is 0 Å². The molecule has 1 fully saturated rings. The Balaban J connectivity index is 1.69. The Labute approximate surface area is 124 Å². The van der Waals surface area contributed by atoms with E-state index in [9.17, 15) is 4.79 Å². The van der Waals surface area contributed by atoms with E-state index in [2.05, 4.69) is 10.3 Å². The van der Waals surface area contributed by atoms with Crippen LogP contribution in [0.2, 0.25) is 0 Å². The molecule has 0 aliphatic carbocycles. The van der Waals surface area contributed by atoms with Crippen molar-refractivity contribution in [2.75, 3.05) is 19.8 Å². The zero-order valence-electron chi connectivity index (χ0n) is 12.6. The Morgan fingerprint density at radius 2 is 2.38 bits per heavy atom. The number of nitrogens with zero attached hydrogens (tertiary/aromatic N) is 2. The normalized spacial score (nSPS) is 18.9. The molecule has 0 unspecified atom stereocenters. The summed E-state index contributed by atoms with van der Waals surface area (Å²) in [5.41, 5.74) is 2.57. The summed E-state index contributed by atoms with van der Waals surface area (Å²) in [5.74, 6) is 1.34. The van der Waals surface area contributed by atoms with Crippen LogP contribution in [0.5, 0.6) is 0 Å². The lowest BCUT2D eigenvalue weighted by Crippen LogP contribution is -2.33. The number of hydrogen-bond acceptors (Lipinski definition) is 3. The van der Waals surface area contributed by atoms with Gasteiger partial charge in [-0.05, 0) is 43.9 Å². The Morgan fingerprint density at radius 1 is 1.52 bits per heavy atom. The molecule has 5 nitrogen and oxygen atoms in total. The van der Waals surface area contributed by atoms with E-state index in [1.165, 1.54) is 0 Å². The van der Waals surface area contributed by atoms with Crippen LogP contribution in [0.25, 0.3) is 11.0 Å². The van der Waals surface area contributed by atoms with Crippen LogP contribution < -0.4 is 5.32 Å². The number of nitrogens with one attached hydrogen (secondary N) is 1. The van der Waals surface area contributed by atoms with E-state index >= 15 is 0 Å². The molecule has 5 heteroatoms. The second kappa shape index (κ2) is 5.85. The van der Waals surface area contributed by atoms with Crippen molar-refractivity contribution in [1.29, 1.82) is 0 Å². The van der Waals surface area contributed by atoms with E-state index in [0.717, 1.165) is 42.9 Å². The summed E-state index contributed by atoms with van der Waals surface area (Å²) >= 11 is 0. The third-order valence-electron chi connectivity index (χ3n) is 4.17. The summed E-state index contributed by atoms with van der Waals surface area (Å²) in [4.78, 5) is 16.7. The van der Waals surface area contributed by atoms with Gasteiger partial charge in [0, 0.05) is 25.8 Å². The number of hydrogen-bond donors (Lipinski definition) is 1. The van der Waals surface area contributed by atoms with Crippen molar-refractivity contribution in [2.24, 2.45) is 13.0 Å². The molecule has 0 bridgehead atoms. The Bertz CT molecular complexity index is 657. The first kappa shape index (κ1) is 14.1. The van der Waals surface area contributed by atoms with Gasteiger partial charge >= 0.3 is 0 Å². The fourth-order valence-corrected chi connectivity index (χ4v) is 2.77. The number of amides is 1. The molecule has 1 N–H and O–H groups in total. The smallest absolute Gasteiger partial charge is 0.251 e. The maximum atomic E-state index is 12.2. The van der Waals surface area contributed by atoms with Gasteiger partial charge in [-0.1, -0.05) is 0 Å². The zero-order valence-corrected chi connectivity index (χ0v) is 12.6. The lowest BCUT2D eigenvalue weighted by Gasteiger charge is -2.22. The predicted molar refractivity (Wildman–Crippen MR) is 81.3 cm³/mol. The van der Waals surface area contributed by atoms with Crippen LogP contribution in [0, 0.1) is 12.8 Å². The van der Waals surface area contributed by atoms with Crippen LogP contribution >= 0.6 is 0 Å². The number of aryl methyl sites for hydroxylation is 2. The van der Waals surface area contributed by atoms with Crippen LogP contribution in [0.3, 0.4) is 0 Å².